The first-order valence-electron chi connectivity index (χ1n) is 7.70. The molecule has 1 amide bonds. The number of carboxylic acid groups (broad SMARTS) is 1. The predicted molar refractivity (Wildman–Crippen MR) is 83.3 cm³/mol. The highest BCUT2D eigenvalue weighted by Gasteiger charge is 2.28. The Labute approximate surface area is 130 Å². The van der Waals surface area contributed by atoms with E-state index in [1.54, 1.807) is 13.2 Å². The molecule has 1 fully saturated rings. The van der Waals surface area contributed by atoms with Crippen LogP contribution in [0.15, 0.2) is 18.2 Å². The topological polar surface area (TPSA) is 66.8 Å². The molecule has 2 rings (SSSR count). The van der Waals surface area contributed by atoms with Crippen LogP contribution in [0, 0.1) is 6.92 Å². The Morgan fingerprint density at radius 2 is 2.14 bits per heavy atom. The van der Waals surface area contributed by atoms with Crippen LogP contribution >= 0.6 is 0 Å². The number of carbonyl (C=O) groups is 2. The van der Waals surface area contributed by atoms with Crippen molar-refractivity contribution in [3.8, 4) is 5.75 Å². The minimum atomic E-state index is -0.810. The van der Waals surface area contributed by atoms with Crippen molar-refractivity contribution in [2.24, 2.45) is 0 Å². The Bertz CT molecular complexity index is 556. The summed E-state index contributed by atoms with van der Waals surface area (Å²) < 4.78 is 5.28. The monoisotopic (exact) mass is 305 g/mol. The molecule has 1 aromatic rings. The first kappa shape index (κ1) is 16.3. The molecule has 1 saturated heterocycles. The molecule has 5 nitrogen and oxygen atoms in total. The van der Waals surface area contributed by atoms with E-state index in [0.717, 1.165) is 24.8 Å². The van der Waals surface area contributed by atoms with Gasteiger partial charge in [0, 0.05) is 24.6 Å². The molecule has 22 heavy (non-hydrogen) atoms. The van der Waals surface area contributed by atoms with E-state index in [1.807, 2.05) is 24.0 Å². The number of amides is 1. The number of likely N-dealkylation sites (tertiary alicyclic amines) is 1. The number of carbonyl (C=O) groups excluding carboxylic acids is 1. The number of hydrogen-bond donors (Lipinski definition) is 1. The molecule has 1 aliphatic rings. The van der Waals surface area contributed by atoms with Crippen molar-refractivity contribution < 1.29 is 19.4 Å². The van der Waals surface area contributed by atoms with E-state index in [0.29, 0.717) is 24.3 Å². The van der Waals surface area contributed by atoms with Crippen molar-refractivity contribution >= 4 is 11.9 Å². The van der Waals surface area contributed by atoms with E-state index >= 15 is 0 Å². The molecule has 1 aromatic carbocycles. The Morgan fingerprint density at radius 3 is 2.82 bits per heavy atom. The van der Waals surface area contributed by atoms with Crippen LogP contribution in [0.2, 0.25) is 0 Å². The SMILES string of the molecule is COc1cc(C(=O)N2CCCC[C@H]2CCC(=O)O)ccc1C. The molecule has 0 saturated carbocycles. The van der Waals surface area contributed by atoms with Gasteiger partial charge in [-0.05, 0) is 50.3 Å². The average molecular weight is 305 g/mol. The lowest BCUT2D eigenvalue weighted by atomic mass is 9.96. The molecule has 1 atom stereocenters. The zero-order chi connectivity index (χ0) is 16.1. The smallest absolute Gasteiger partial charge is 0.303 e. The maximum absolute atomic E-state index is 12.8. The zero-order valence-corrected chi connectivity index (χ0v) is 13.2. The number of aryl methyl sites for hydroxylation is 1. The molecular formula is C17H23NO4. The Morgan fingerprint density at radius 1 is 1.36 bits per heavy atom. The van der Waals surface area contributed by atoms with Crippen LogP contribution in [0.4, 0.5) is 0 Å². The summed E-state index contributed by atoms with van der Waals surface area (Å²) in [4.78, 5) is 25.4. The molecule has 0 aromatic heterocycles. The maximum Gasteiger partial charge on any atom is 0.303 e. The predicted octanol–water partition coefficient (Wildman–Crippen LogP) is 2.86. The molecular weight excluding hydrogens is 282 g/mol. The molecule has 0 aliphatic carbocycles. The number of aliphatic carboxylic acids is 1. The van der Waals surface area contributed by atoms with Crippen LogP contribution in [-0.4, -0.2) is 41.6 Å². The van der Waals surface area contributed by atoms with Crippen LogP contribution in [-0.2, 0) is 4.79 Å². The highest BCUT2D eigenvalue weighted by atomic mass is 16.5. The number of hydrogen-bond acceptors (Lipinski definition) is 3. The van der Waals surface area contributed by atoms with E-state index in [9.17, 15) is 9.59 Å². The number of rotatable bonds is 5. The van der Waals surface area contributed by atoms with E-state index in [-0.39, 0.29) is 18.4 Å². The van der Waals surface area contributed by atoms with E-state index in [4.69, 9.17) is 9.84 Å². The lowest BCUT2D eigenvalue weighted by Crippen LogP contribution is -2.44. The number of nitrogens with zero attached hydrogens (tertiary/aromatic N) is 1. The Balaban J connectivity index is 2.16. The third-order valence-corrected chi connectivity index (χ3v) is 4.23. The van der Waals surface area contributed by atoms with Crippen LogP contribution in [0.25, 0.3) is 0 Å². The van der Waals surface area contributed by atoms with Gasteiger partial charge in [0.1, 0.15) is 5.75 Å². The first-order chi connectivity index (χ1) is 10.5. The molecule has 0 unspecified atom stereocenters. The molecule has 0 spiro atoms. The van der Waals surface area contributed by atoms with E-state index in [1.165, 1.54) is 0 Å². The second kappa shape index (κ2) is 7.29. The molecule has 1 N–H and O–H groups in total. The highest BCUT2D eigenvalue weighted by molar-refractivity contribution is 5.95. The normalized spacial score (nSPS) is 18.1. The fourth-order valence-corrected chi connectivity index (χ4v) is 2.98. The number of benzene rings is 1. The third-order valence-electron chi connectivity index (χ3n) is 4.23. The molecule has 1 heterocycles. The summed E-state index contributed by atoms with van der Waals surface area (Å²) in [6, 6.07) is 5.47. The van der Waals surface area contributed by atoms with Crippen molar-refractivity contribution in [1.82, 2.24) is 4.90 Å². The summed E-state index contributed by atoms with van der Waals surface area (Å²) in [6.45, 7) is 2.63. The fourth-order valence-electron chi connectivity index (χ4n) is 2.98. The van der Waals surface area contributed by atoms with E-state index in [2.05, 4.69) is 0 Å². The van der Waals surface area contributed by atoms with Gasteiger partial charge in [-0.2, -0.15) is 0 Å². The fraction of sp³-hybridized carbons (Fsp3) is 0.529. The van der Waals surface area contributed by atoms with Gasteiger partial charge in [0.25, 0.3) is 5.91 Å². The van der Waals surface area contributed by atoms with Gasteiger partial charge < -0.3 is 14.7 Å². The van der Waals surface area contributed by atoms with Gasteiger partial charge in [0.05, 0.1) is 7.11 Å². The molecule has 0 bridgehead atoms. The molecule has 120 valence electrons. The first-order valence-corrected chi connectivity index (χ1v) is 7.70. The molecule has 0 radical (unpaired) electrons. The van der Waals surface area contributed by atoms with Gasteiger partial charge in [-0.25, -0.2) is 0 Å². The van der Waals surface area contributed by atoms with Gasteiger partial charge in [0.2, 0.25) is 0 Å². The van der Waals surface area contributed by atoms with Gasteiger partial charge in [0.15, 0.2) is 0 Å². The summed E-state index contributed by atoms with van der Waals surface area (Å²) in [7, 11) is 1.59. The van der Waals surface area contributed by atoms with E-state index < -0.39 is 5.97 Å². The van der Waals surface area contributed by atoms with Gasteiger partial charge in [-0.3, -0.25) is 9.59 Å². The Hall–Kier alpha value is -2.04. The largest absolute Gasteiger partial charge is 0.496 e. The maximum atomic E-state index is 12.8. The second-order valence-electron chi connectivity index (χ2n) is 5.76. The second-order valence-corrected chi connectivity index (χ2v) is 5.76. The van der Waals surface area contributed by atoms with Gasteiger partial charge in [-0.15, -0.1) is 0 Å². The van der Waals surface area contributed by atoms with Gasteiger partial charge >= 0.3 is 5.97 Å². The Kier molecular flexibility index (Phi) is 5.41. The summed E-state index contributed by atoms with van der Waals surface area (Å²) in [5.74, 6) is -0.145. The van der Waals surface area contributed by atoms with Crippen LogP contribution in [0.3, 0.4) is 0 Å². The van der Waals surface area contributed by atoms with Crippen molar-refractivity contribution in [1.29, 1.82) is 0 Å². The van der Waals surface area contributed by atoms with Crippen molar-refractivity contribution in [2.75, 3.05) is 13.7 Å². The number of carboxylic acids is 1. The average Bonchev–Trinajstić information content (AvgIpc) is 2.53. The molecule has 5 heteroatoms. The zero-order valence-electron chi connectivity index (χ0n) is 13.2. The van der Waals surface area contributed by atoms with Crippen LogP contribution in [0.1, 0.15) is 48.0 Å². The van der Waals surface area contributed by atoms with Crippen molar-refractivity contribution in [3.63, 3.8) is 0 Å². The lowest BCUT2D eigenvalue weighted by molar-refractivity contribution is -0.137. The van der Waals surface area contributed by atoms with Crippen LogP contribution < -0.4 is 4.74 Å². The molecule has 1 aliphatic heterocycles. The van der Waals surface area contributed by atoms with Gasteiger partial charge in [-0.1, -0.05) is 6.07 Å². The van der Waals surface area contributed by atoms with Crippen LogP contribution in [0.5, 0.6) is 5.75 Å². The number of ether oxygens (including phenoxy) is 1. The summed E-state index contributed by atoms with van der Waals surface area (Å²) in [5, 5.41) is 8.86. The number of methoxy groups -OCH3 is 1. The van der Waals surface area contributed by atoms with Crippen molar-refractivity contribution in [3.05, 3.63) is 29.3 Å². The quantitative estimate of drug-likeness (QED) is 0.908. The summed E-state index contributed by atoms with van der Waals surface area (Å²) in [6.07, 6.45) is 3.52. The third kappa shape index (κ3) is 3.78. The minimum Gasteiger partial charge on any atom is -0.496 e. The van der Waals surface area contributed by atoms with Crippen molar-refractivity contribution in [2.45, 2.75) is 45.1 Å². The minimum absolute atomic E-state index is 0.0182. The standard InChI is InChI=1S/C17H23NO4/c1-12-6-7-13(11-15(12)22-2)17(21)18-10-4-3-5-14(18)8-9-16(19)20/h6-7,11,14H,3-5,8-10H2,1-2H3,(H,19,20)/t14-/m0/s1. The lowest BCUT2D eigenvalue weighted by Gasteiger charge is -2.35. The summed E-state index contributed by atoms with van der Waals surface area (Å²) >= 11 is 0. The number of piperidine rings is 1. The highest BCUT2D eigenvalue weighted by Crippen LogP contribution is 2.25. The summed E-state index contributed by atoms with van der Waals surface area (Å²) in [5.41, 5.74) is 1.59.